The second-order valence-corrected chi connectivity index (χ2v) is 5.46. The van der Waals surface area contributed by atoms with Gasteiger partial charge in [0.05, 0.1) is 13.7 Å². The molecule has 3 rings (SSSR count). The molecule has 0 aliphatic carbocycles. The second kappa shape index (κ2) is 6.19. The zero-order valence-corrected chi connectivity index (χ0v) is 12.6. The van der Waals surface area contributed by atoms with Gasteiger partial charge in [0.2, 0.25) is 0 Å². The Labute approximate surface area is 125 Å². The normalized spacial score (nSPS) is 17.0. The van der Waals surface area contributed by atoms with Crippen LogP contribution in [-0.2, 0) is 6.54 Å². The molecule has 21 heavy (non-hydrogen) atoms. The first-order valence-electron chi connectivity index (χ1n) is 7.36. The maximum absolute atomic E-state index is 5.73. The molecule has 0 radical (unpaired) electrons. The van der Waals surface area contributed by atoms with Crippen LogP contribution in [0.5, 0.6) is 11.5 Å². The van der Waals surface area contributed by atoms with E-state index in [1.54, 1.807) is 7.11 Å². The van der Waals surface area contributed by atoms with Crippen molar-refractivity contribution >= 4 is 0 Å². The molecule has 1 aliphatic rings. The third-order valence-electron chi connectivity index (χ3n) is 3.89. The van der Waals surface area contributed by atoms with Gasteiger partial charge in [-0.2, -0.15) is 0 Å². The molecule has 0 fully saturated rings. The van der Waals surface area contributed by atoms with Crippen molar-refractivity contribution in [2.75, 3.05) is 13.7 Å². The number of hydrogen-bond acceptors (Lipinski definition) is 3. The zero-order valence-electron chi connectivity index (χ0n) is 12.6. The lowest BCUT2D eigenvalue weighted by Crippen LogP contribution is -2.26. The first-order valence-corrected chi connectivity index (χ1v) is 7.36. The van der Waals surface area contributed by atoms with Crippen molar-refractivity contribution < 1.29 is 9.47 Å². The lowest BCUT2D eigenvalue weighted by atomic mass is 9.99. The van der Waals surface area contributed by atoms with Crippen molar-refractivity contribution in [3.8, 4) is 11.5 Å². The van der Waals surface area contributed by atoms with E-state index in [0.29, 0.717) is 6.04 Å². The maximum atomic E-state index is 5.73. The molecule has 1 aliphatic heterocycles. The smallest absolute Gasteiger partial charge is 0.124 e. The van der Waals surface area contributed by atoms with Gasteiger partial charge >= 0.3 is 0 Å². The van der Waals surface area contributed by atoms with Gasteiger partial charge in [0.15, 0.2) is 0 Å². The van der Waals surface area contributed by atoms with Crippen LogP contribution >= 0.6 is 0 Å². The van der Waals surface area contributed by atoms with Crippen molar-refractivity contribution in [2.45, 2.75) is 25.9 Å². The van der Waals surface area contributed by atoms with Gasteiger partial charge in [-0.3, -0.25) is 0 Å². The number of ether oxygens (including phenoxy) is 2. The third kappa shape index (κ3) is 3.19. The Balaban J connectivity index is 1.75. The topological polar surface area (TPSA) is 30.5 Å². The van der Waals surface area contributed by atoms with E-state index >= 15 is 0 Å². The number of aryl methyl sites for hydroxylation is 1. The number of rotatable bonds is 4. The first-order chi connectivity index (χ1) is 10.3. The predicted molar refractivity (Wildman–Crippen MR) is 83.9 cm³/mol. The monoisotopic (exact) mass is 283 g/mol. The van der Waals surface area contributed by atoms with Gasteiger partial charge in [0.1, 0.15) is 11.5 Å². The Morgan fingerprint density at radius 1 is 1.24 bits per heavy atom. The molecule has 0 saturated carbocycles. The number of benzene rings is 2. The maximum Gasteiger partial charge on any atom is 0.124 e. The van der Waals surface area contributed by atoms with Crippen LogP contribution in [-0.4, -0.2) is 13.7 Å². The van der Waals surface area contributed by atoms with Crippen LogP contribution in [0.25, 0.3) is 0 Å². The van der Waals surface area contributed by atoms with Gasteiger partial charge in [-0.1, -0.05) is 29.8 Å². The average molecular weight is 283 g/mol. The van der Waals surface area contributed by atoms with Crippen molar-refractivity contribution in [1.29, 1.82) is 0 Å². The molecule has 0 amide bonds. The predicted octanol–water partition coefficient (Wildman–Crippen LogP) is 3.62. The minimum absolute atomic E-state index is 0.310. The molecule has 3 nitrogen and oxygen atoms in total. The molecular weight excluding hydrogens is 262 g/mol. The molecule has 2 aromatic rings. The Kier molecular flexibility index (Phi) is 4.11. The van der Waals surface area contributed by atoms with Gasteiger partial charge in [0.25, 0.3) is 0 Å². The Bertz CT molecular complexity index is 624. The van der Waals surface area contributed by atoms with Gasteiger partial charge in [-0.15, -0.1) is 0 Å². The van der Waals surface area contributed by atoms with Gasteiger partial charge in [0, 0.05) is 24.6 Å². The van der Waals surface area contributed by atoms with Crippen molar-refractivity contribution in [1.82, 2.24) is 5.32 Å². The first kappa shape index (κ1) is 14.0. The van der Waals surface area contributed by atoms with Crippen LogP contribution in [0.4, 0.5) is 0 Å². The van der Waals surface area contributed by atoms with E-state index in [2.05, 4.69) is 42.6 Å². The molecule has 1 atom stereocenters. The van der Waals surface area contributed by atoms with Crippen molar-refractivity contribution in [3.05, 3.63) is 59.2 Å². The standard InChI is InChI=1S/C18H21NO2/c1-13-4-3-5-14(10-13)12-19-17-8-9-21-18-7-6-15(20-2)11-16(17)18/h3-7,10-11,17,19H,8-9,12H2,1-2H3. The summed E-state index contributed by atoms with van der Waals surface area (Å²) in [6.07, 6.45) is 0.978. The van der Waals surface area contributed by atoms with Crippen molar-refractivity contribution in [2.24, 2.45) is 0 Å². The van der Waals surface area contributed by atoms with E-state index in [1.165, 1.54) is 16.7 Å². The Hall–Kier alpha value is -2.00. The molecule has 3 heteroatoms. The summed E-state index contributed by atoms with van der Waals surface area (Å²) in [4.78, 5) is 0. The highest BCUT2D eigenvalue weighted by Crippen LogP contribution is 2.34. The van der Waals surface area contributed by atoms with Crippen LogP contribution in [0, 0.1) is 6.92 Å². The van der Waals surface area contributed by atoms with Gasteiger partial charge < -0.3 is 14.8 Å². The fourth-order valence-corrected chi connectivity index (χ4v) is 2.77. The van der Waals surface area contributed by atoms with E-state index in [-0.39, 0.29) is 0 Å². The molecule has 0 saturated heterocycles. The molecule has 0 spiro atoms. The number of methoxy groups -OCH3 is 1. The fraction of sp³-hybridized carbons (Fsp3) is 0.333. The molecule has 0 bridgehead atoms. The van der Waals surface area contributed by atoms with E-state index in [1.807, 2.05) is 12.1 Å². The van der Waals surface area contributed by atoms with Gasteiger partial charge in [-0.25, -0.2) is 0 Å². The van der Waals surface area contributed by atoms with Crippen LogP contribution in [0.15, 0.2) is 42.5 Å². The molecule has 110 valence electrons. The number of hydrogen-bond donors (Lipinski definition) is 1. The molecular formula is C18H21NO2. The summed E-state index contributed by atoms with van der Waals surface area (Å²) in [5.41, 5.74) is 3.79. The highest BCUT2D eigenvalue weighted by molar-refractivity contribution is 5.43. The molecule has 1 heterocycles. The summed E-state index contributed by atoms with van der Waals surface area (Å²) in [6.45, 7) is 3.74. The molecule has 1 N–H and O–H groups in total. The number of fused-ring (bicyclic) bond motifs is 1. The fourth-order valence-electron chi connectivity index (χ4n) is 2.77. The lowest BCUT2D eigenvalue weighted by molar-refractivity contribution is 0.251. The third-order valence-corrected chi connectivity index (χ3v) is 3.89. The lowest BCUT2D eigenvalue weighted by Gasteiger charge is -2.27. The van der Waals surface area contributed by atoms with Crippen molar-refractivity contribution in [3.63, 3.8) is 0 Å². The highest BCUT2D eigenvalue weighted by Gasteiger charge is 2.21. The summed E-state index contributed by atoms with van der Waals surface area (Å²) in [6, 6.07) is 14.9. The quantitative estimate of drug-likeness (QED) is 0.929. The SMILES string of the molecule is COc1ccc2c(c1)C(NCc1cccc(C)c1)CCO2. The summed E-state index contributed by atoms with van der Waals surface area (Å²) in [5, 5.41) is 3.64. The van der Waals surface area contributed by atoms with Crippen LogP contribution in [0.3, 0.4) is 0 Å². The van der Waals surface area contributed by atoms with E-state index in [4.69, 9.17) is 9.47 Å². The van der Waals surface area contributed by atoms with Crippen LogP contribution < -0.4 is 14.8 Å². The summed E-state index contributed by atoms with van der Waals surface area (Å²) in [5.74, 6) is 1.84. The Morgan fingerprint density at radius 3 is 2.95 bits per heavy atom. The van der Waals surface area contributed by atoms with E-state index in [0.717, 1.165) is 31.1 Å². The highest BCUT2D eigenvalue weighted by atomic mass is 16.5. The average Bonchev–Trinajstić information content (AvgIpc) is 2.52. The van der Waals surface area contributed by atoms with Crippen LogP contribution in [0.1, 0.15) is 29.2 Å². The molecule has 0 aromatic heterocycles. The minimum Gasteiger partial charge on any atom is -0.497 e. The summed E-state index contributed by atoms with van der Waals surface area (Å²) in [7, 11) is 1.70. The summed E-state index contributed by atoms with van der Waals surface area (Å²) >= 11 is 0. The van der Waals surface area contributed by atoms with Crippen LogP contribution in [0.2, 0.25) is 0 Å². The number of nitrogens with one attached hydrogen (secondary N) is 1. The minimum atomic E-state index is 0.310. The Morgan fingerprint density at radius 2 is 2.14 bits per heavy atom. The largest absolute Gasteiger partial charge is 0.497 e. The zero-order chi connectivity index (χ0) is 14.7. The second-order valence-electron chi connectivity index (χ2n) is 5.46. The molecule has 1 unspecified atom stereocenters. The van der Waals surface area contributed by atoms with Gasteiger partial charge in [-0.05, 0) is 30.7 Å². The summed E-state index contributed by atoms with van der Waals surface area (Å²) < 4.78 is 11.1. The van der Waals surface area contributed by atoms with E-state index in [9.17, 15) is 0 Å². The molecule has 2 aromatic carbocycles. The van der Waals surface area contributed by atoms with E-state index < -0.39 is 0 Å².